The average Bonchev–Trinajstić information content (AvgIpc) is 2.45. The van der Waals surface area contributed by atoms with Crippen LogP contribution in [0, 0.1) is 0 Å². The molecule has 1 fully saturated rings. The van der Waals surface area contributed by atoms with Crippen LogP contribution in [-0.4, -0.2) is 43.2 Å². The smallest absolute Gasteiger partial charge is 0.416 e. The van der Waals surface area contributed by atoms with E-state index in [-0.39, 0.29) is 31.0 Å². The number of carbonyl (C=O) groups is 2. The van der Waals surface area contributed by atoms with E-state index < -0.39 is 23.8 Å². The molecule has 5 nitrogen and oxygen atoms in total. The maximum Gasteiger partial charge on any atom is 0.416 e. The molecule has 1 aromatic carbocycles. The van der Waals surface area contributed by atoms with Crippen LogP contribution in [0.1, 0.15) is 15.9 Å². The second-order valence-electron chi connectivity index (χ2n) is 4.55. The summed E-state index contributed by atoms with van der Waals surface area (Å²) in [6, 6.07) is 1.73. The zero-order valence-electron chi connectivity index (χ0n) is 10.8. The summed E-state index contributed by atoms with van der Waals surface area (Å²) in [5.74, 6) is -1.19. The molecule has 1 aliphatic rings. The summed E-state index contributed by atoms with van der Waals surface area (Å²) in [6.07, 6.45) is -4.31. The second kappa shape index (κ2) is 5.72. The number of morpholine rings is 1. The van der Waals surface area contributed by atoms with Crippen molar-refractivity contribution in [3.8, 4) is 0 Å². The van der Waals surface area contributed by atoms with Crippen molar-refractivity contribution in [2.24, 2.45) is 0 Å². The number of hydrogen-bond donors (Lipinski definition) is 1. The van der Waals surface area contributed by atoms with Gasteiger partial charge in [0.1, 0.15) is 6.29 Å². The first-order valence-corrected chi connectivity index (χ1v) is 6.07. The lowest BCUT2D eigenvalue weighted by molar-refractivity contribution is -0.141. The number of carbonyl (C=O) groups excluding carboxylic acids is 1. The minimum absolute atomic E-state index is 0.0441. The topological polar surface area (TPSA) is 66.8 Å². The lowest BCUT2D eigenvalue weighted by Crippen LogP contribution is -2.50. The van der Waals surface area contributed by atoms with Crippen LogP contribution in [0.4, 0.5) is 18.9 Å². The number of rotatable bonds is 3. The fraction of sp³-hybridized carbons (Fsp3) is 0.385. The van der Waals surface area contributed by atoms with Crippen molar-refractivity contribution >= 4 is 17.9 Å². The molecule has 1 N–H and O–H groups in total. The molecule has 1 heterocycles. The first-order valence-electron chi connectivity index (χ1n) is 6.07. The quantitative estimate of drug-likeness (QED) is 0.863. The lowest BCUT2D eigenvalue weighted by Gasteiger charge is -2.35. The van der Waals surface area contributed by atoms with Crippen LogP contribution in [-0.2, 0) is 15.7 Å². The predicted octanol–water partition coefficient (Wildman–Crippen LogP) is 1.81. The Kier molecular flexibility index (Phi) is 4.17. The van der Waals surface area contributed by atoms with Crippen molar-refractivity contribution in [2.45, 2.75) is 12.2 Å². The summed E-state index contributed by atoms with van der Waals surface area (Å²) in [5, 5.41) is 9.11. The fourth-order valence-corrected chi connectivity index (χ4v) is 2.15. The summed E-state index contributed by atoms with van der Waals surface area (Å²) >= 11 is 0. The fourth-order valence-electron chi connectivity index (χ4n) is 2.15. The standard InChI is InChI=1S/C13H12F3NO4/c14-13(15,16)9-3-8(6-18)4-10(5-9)17-1-2-21-7-11(17)12(19)20/h3-6,11H,1-2,7H2,(H,19,20). The van der Waals surface area contributed by atoms with Gasteiger partial charge in [-0.3, -0.25) is 4.79 Å². The lowest BCUT2D eigenvalue weighted by atomic mass is 10.1. The molecule has 114 valence electrons. The Bertz CT molecular complexity index is 559. The number of carboxylic acids is 1. The molecule has 8 heteroatoms. The maximum absolute atomic E-state index is 12.8. The summed E-state index contributed by atoms with van der Waals surface area (Å²) < 4.78 is 43.5. The van der Waals surface area contributed by atoms with E-state index >= 15 is 0 Å². The van der Waals surface area contributed by atoms with Gasteiger partial charge in [-0.05, 0) is 18.2 Å². The number of carboxylic acid groups (broad SMARTS) is 1. The molecule has 1 saturated heterocycles. The molecule has 0 spiro atoms. The molecule has 1 atom stereocenters. The van der Waals surface area contributed by atoms with Gasteiger partial charge in [0.05, 0.1) is 18.8 Å². The molecule has 1 aliphatic heterocycles. The maximum atomic E-state index is 12.8. The number of hydrogen-bond acceptors (Lipinski definition) is 4. The Morgan fingerprint density at radius 1 is 1.38 bits per heavy atom. The van der Waals surface area contributed by atoms with E-state index in [4.69, 9.17) is 9.84 Å². The molecule has 0 amide bonds. The highest BCUT2D eigenvalue weighted by molar-refractivity contribution is 5.81. The highest BCUT2D eigenvalue weighted by Gasteiger charge is 2.34. The van der Waals surface area contributed by atoms with Crippen molar-refractivity contribution in [3.63, 3.8) is 0 Å². The van der Waals surface area contributed by atoms with Gasteiger partial charge < -0.3 is 14.7 Å². The molecular weight excluding hydrogens is 291 g/mol. The number of halogens is 3. The van der Waals surface area contributed by atoms with Crippen molar-refractivity contribution < 1.29 is 32.6 Å². The van der Waals surface area contributed by atoms with E-state index in [1.54, 1.807) is 0 Å². The zero-order chi connectivity index (χ0) is 15.6. The molecule has 2 rings (SSSR count). The van der Waals surface area contributed by atoms with Gasteiger partial charge in [-0.25, -0.2) is 4.79 Å². The molecule has 0 aliphatic carbocycles. The highest BCUT2D eigenvalue weighted by Crippen LogP contribution is 2.33. The number of anilines is 1. The van der Waals surface area contributed by atoms with Gasteiger partial charge in [0.25, 0.3) is 0 Å². The highest BCUT2D eigenvalue weighted by atomic mass is 19.4. The van der Waals surface area contributed by atoms with E-state index in [1.807, 2.05) is 0 Å². The summed E-state index contributed by atoms with van der Waals surface area (Å²) in [5.41, 5.74) is -1.10. The van der Waals surface area contributed by atoms with Crippen molar-refractivity contribution in [1.82, 2.24) is 0 Å². The van der Waals surface area contributed by atoms with E-state index in [9.17, 15) is 22.8 Å². The molecule has 0 aromatic heterocycles. The number of aldehydes is 1. The van der Waals surface area contributed by atoms with E-state index in [0.29, 0.717) is 6.29 Å². The number of aliphatic carboxylic acids is 1. The van der Waals surface area contributed by atoms with E-state index in [1.165, 1.54) is 11.0 Å². The Morgan fingerprint density at radius 3 is 2.67 bits per heavy atom. The number of ether oxygens (including phenoxy) is 1. The van der Waals surface area contributed by atoms with Gasteiger partial charge in [-0.15, -0.1) is 0 Å². The second-order valence-corrected chi connectivity index (χ2v) is 4.55. The van der Waals surface area contributed by atoms with E-state index in [0.717, 1.165) is 12.1 Å². The van der Waals surface area contributed by atoms with Gasteiger partial charge in [0.2, 0.25) is 0 Å². The number of alkyl halides is 3. The Hall–Kier alpha value is -2.09. The SMILES string of the molecule is O=Cc1cc(N2CCOCC2C(=O)O)cc(C(F)(F)F)c1. The van der Waals surface area contributed by atoms with Crippen LogP contribution >= 0.6 is 0 Å². The zero-order valence-corrected chi connectivity index (χ0v) is 10.8. The first-order chi connectivity index (χ1) is 9.82. The van der Waals surface area contributed by atoms with Crippen molar-refractivity contribution in [3.05, 3.63) is 29.3 Å². The van der Waals surface area contributed by atoms with Crippen molar-refractivity contribution in [2.75, 3.05) is 24.7 Å². The minimum Gasteiger partial charge on any atom is -0.480 e. The van der Waals surface area contributed by atoms with Crippen LogP contribution in [0.25, 0.3) is 0 Å². The van der Waals surface area contributed by atoms with Crippen LogP contribution in [0.3, 0.4) is 0 Å². The molecule has 0 radical (unpaired) electrons. The number of nitrogens with zero attached hydrogens (tertiary/aromatic N) is 1. The monoisotopic (exact) mass is 303 g/mol. The predicted molar refractivity (Wildman–Crippen MR) is 66.4 cm³/mol. The van der Waals surface area contributed by atoms with Crippen molar-refractivity contribution in [1.29, 1.82) is 0 Å². The summed E-state index contributed by atoms with van der Waals surface area (Å²) in [7, 11) is 0. The molecular formula is C13H12F3NO4. The normalized spacial score (nSPS) is 19.4. The summed E-state index contributed by atoms with van der Waals surface area (Å²) in [6.45, 7) is 0.217. The molecule has 21 heavy (non-hydrogen) atoms. The first kappa shape index (κ1) is 15.3. The Morgan fingerprint density at radius 2 is 2.10 bits per heavy atom. The number of benzene rings is 1. The minimum atomic E-state index is -4.61. The van der Waals surface area contributed by atoms with Crippen LogP contribution in [0.5, 0.6) is 0 Å². The molecule has 1 unspecified atom stereocenters. The Balaban J connectivity index is 2.46. The van der Waals surface area contributed by atoms with Crippen LogP contribution in [0.2, 0.25) is 0 Å². The third kappa shape index (κ3) is 3.33. The van der Waals surface area contributed by atoms with Gasteiger partial charge >= 0.3 is 12.1 Å². The third-order valence-corrected chi connectivity index (χ3v) is 3.15. The van der Waals surface area contributed by atoms with Gasteiger partial charge in [0.15, 0.2) is 6.04 Å². The van der Waals surface area contributed by atoms with Gasteiger partial charge in [-0.1, -0.05) is 0 Å². The largest absolute Gasteiger partial charge is 0.480 e. The van der Waals surface area contributed by atoms with Gasteiger partial charge in [-0.2, -0.15) is 13.2 Å². The third-order valence-electron chi connectivity index (χ3n) is 3.15. The van der Waals surface area contributed by atoms with Crippen LogP contribution < -0.4 is 4.90 Å². The Labute approximate surface area is 117 Å². The summed E-state index contributed by atoms with van der Waals surface area (Å²) in [4.78, 5) is 23.3. The molecule has 1 aromatic rings. The average molecular weight is 303 g/mol. The van der Waals surface area contributed by atoms with E-state index in [2.05, 4.69) is 0 Å². The molecule has 0 saturated carbocycles. The molecule has 0 bridgehead atoms. The van der Waals surface area contributed by atoms with Crippen LogP contribution in [0.15, 0.2) is 18.2 Å². The van der Waals surface area contributed by atoms with Gasteiger partial charge in [0, 0.05) is 17.8 Å².